The number of anilines is 2. The van der Waals surface area contributed by atoms with Crippen LogP contribution in [0.5, 0.6) is 0 Å². The van der Waals surface area contributed by atoms with E-state index < -0.39 is 17.5 Å². The van der Waals surface area contributed by atoms with E-state index >= 15 is 0 Å². The molecule has 0 saturated heterocycles. The number of fused-ring (bicyclic) bond motifs is 3. The van der Waals surface area contributed by atoms with Gasteiger partial charge in [-0.15, -0.1) is 0 Å². The van der Waals surface area contributed by atoms with Crippen LogP contribution >= 0.6 is 23.2 Å². The maximum atomic E-state index is 13.9. The lowest BCUT2D eigenvalue weighted by Crippen LogP contribution is -2.38. The summed E-state index contributed by atoms with van der Waals surface area (Å²) in [5, 5.41) is 3.77. The quantitative estimate of drug-likeness (QED) is 0.352. The Bertz CT molecular complexity index is 1890. The molecule has 0 bridgehead atoms. The lowest BCUT2D eigenvalue weighted by Gasteiger charge is -2.23. The molecule has 6 rings (SSSR count). The Morgan fingerprint density at radius 3 is 2.37 bits per heavy atom. The molecule has 3 N–H and O–H groups in total. The minimum atomic E-state index is -0.845. The van der Waals surface area contributed by atoms with Gasteiger partial charge in [-0.3, -0.25) is 4.79 Å². The van der Waals surface area contributed by atoms with Crippen LogP contribution in [0.2, 0.25) is 10.0 Å². The van der Waals surface area contributed by atoms with Gasteiger partial charge in [-0.2, -0.15) is 4.98 Å². The number of halogens is 2. The third-order valence-electron chi connectivity index (χ3n) is 6.18. The molecule has 8 nitrogen and oxygen atoms in total. The summed E-state index contributed by atoms with van der Waals surface area (Å²) in [4.78, 5) is 31.5. The van der Waals surface area contributed by atoms with Gasteiger partial charge in [-0.25, -0.2) is 9.36 Å². The van der Waals surface area contributed by atoms with E-state index in [0.29, 0.717) is 32.6 Å². The van der Waals surface area contributed by atoms with E-state index in [1.807, 2.05) is 6.07 Å². The Kier molecular flexibility index (Phi) is 5.90. The number of aromatic nitrogens is 2. The Hall–Kier alpha value is -4.53. The third kappa shape index (κ3) is 4.00. The molecule has 0 fully saturated rings. The van der Waals surface area contributed by atoms with Crippen molar-refractivity contribution < 1.29 is 13.6 Å². The van der Waals surface area contributed by atoms with Gasteiger partial charge in [0.25, 0.3) is 11.9 Å². The number of nitrogens with two attached hydrogens (primary N) is 1. The first kappa shape index (κ1) is 23.8. The number of amides is 1. The second-order valence-corrected chi connectivity index (χ2v) is 9.33. The van der Waals surface area contributed by atoms with Crippen LogP contribution in [0.15, 0.2) is 92.5 Å². The van der Waals surface area contributed by atoms with Crippen LogP contribution in [0.25, 0.3) is 17.5 Å². The lowest BCUT2D eigenvalue weighted by atomic mass is 9.86. The van der Waals surface area contributed by atoms with Crippen molar-refractivity contribution in [2.24, 2.45) is 0 Å². The molecule has 1 unspecified atom stereocenters. The van der Waals surface area contributed by atoms with E-state index in [0.717, 1.165) is 0 Å². The average molecular weight is 545 g/mol. The fourth-order valence-corrected chi connectivity index (χ4v) is 4.97. The van der Waals surface area contributed by atoms with Gasteiger partial charge in [0.05, 0.1) is 11.5 Å². The van der Waals surface area contributed by atoms with Gasteiger partial charge >= 0.3 is 5.63 Å². The normalized spacial score (nSPS) is 14.7. The molecular formula is C28H18Cl2N4O4. The van der Waals surface area contributed by atoms with E-state index in [1.54, 1.807) is 78.9 Å². The molecule has 0 spiro atoms. The fourth-order valence-electron chi connectivity index (χ4n) is 4.54. The SMILES string of the molecule is Nc1nc2c(o1)-n1c(oc(=O)/c1=C\c1ccccc1Cl)=C(C(=O)Nc1ccccc1)C2c1ccccc1Cl. The van der Waals surface area contributed by atoms with Gasteiger partial charge < -0.3 is 19.9 Å². The number of hydrogen-bond acceptors (Lipinski definition) is 6. The van der Waals surface area contributed by atoms with Crippen molar-refractivity contribution in [3.8, 4) is 5.88 Å². The molecule has 2 aromatic heterocycles. The molecule has 0 saturated carbocycles. The van der Waals surface area contributed by atoms with Crippen LogP contribution in [-0.4, -0.2) is 15.5 Å². The molecule has 38 heavy (non-hydrogen) atoms. The van der Waals surface area contributed by atoms with E-state index in [4.69, 9.17) is 37.8 Å². The molecule has 0 aliphatic carbocycles. The standard InChI is InChI=1S/C28H18Cl2N4O4/c29-18-12-6-4-8-15(18)14-20-27(36)37-25-22(24(35)32-16-9-2-1-3-10-16)21(17-11-5-7-13-19(17)30)23-26(34(20)25)38-28(31)33-23/h1-14,21H,(H2,31,33)(H,32,35)/b20-14+. The highest BCUT2D eigenvalue weighted by molar-refractivity contribution is 6.32. The Morgan fingerprint density at radius 2 is 1.63 bits per heavy atom. The minimum Gasteiger partial charge on any atom is -0.406 e. The zero-order chi connectivity index (χ0) is 26.4. The van der Waals surface area contributed by atoms with Crippen molar-refractivity contribution in [1.82, 2.24) is 9.55 Å². The van der Waals surface area contributed by atoms with Gasteiger partial charge in [0, 0.05) is 15.7 Å². The van der Waals surface area contributed by atoms with E-state index in [-0.39, 0.29) is 28.4 Å². The number of nitrogen functional groups attached to an aromatic ring is 1. The van der Waals surface area contributed by atoms with E-state index in [9.17, 15) is 9.59 Å². The van der Waals surface area contributed by atoms with Crippen LogP contribution in [0.1, 0.15) is 22.7 Å². The van der Waals surface area contributed by atoms with Crippen molar-refractivity contribution >= 4 is 52.5 Å². The number of para-hydroxylation sites is 1. The fraction of sp³-hybridized carbons (Fsp3) is 0.0357. The molecule has 3 heterocycles. The summed E-state index contributed by atoms with van der Waals surface area (Å²) in [6.45, 7) is 0. The van der Waals surface area contributed by atoms with Gasteiger partial charge in [0.15, 0.2) is 0 Å². The van der Waals surface area contributed by atoms with Crippen LogP contribution in [0, 0.1) is 0 Å². The maximum absolute atomic E-state index is 13.9. The van der Waals surface area contributed by atoms with Crippen molar-refractivity contribution in [2.75, 3.05) is 11.1 Å². The van der Waals surface area contributed by atoms with Crippen LogP contribution in [0.3, 0.4) is 0 Å². The maximum Gasteiger partial charge on any atom is 0.362 e. The first-order valence-corrected chi connectivity index (χ1v) is 12.3. The molecule has 1 aliphatic heterocycles. The van der Waals surface area contributed by atoms with E-state index in [1.165, 1.54) is 4.57 Å². The average Bonchev–Trinajstić information content (AvgIpc) is 3.44. The second kappa shape index (κ2) is 9.41. The van der Waals surface area contributed by atoms with Crippen LogP contribution in [-0.2, 0) is 4.79 Å². The van der Waals surface area contributed by atoms with Crippen molar-refractivity contribution in [1.29, 1.82) is 0 Å². The number of benzene rings is 3. The predicted octanol–water partition coefficient (Wildman–Crippen LogP) is 4.07. The topological polar surface area (TPSA) is 116 Å². The number of carbonyl (C=O) groups is 1. The summed E-state index contributed by atoms with van der Waals surface area (Å²) >= 11 is 13.0. The summed E-state index contributed by atoms with van der Waals surface area (Å²) in [6.07, 6.45) is 1.56. The minimum absolute atomic E-state index is 0.0321. The summed E-state index contributed by atoms with van der Waals surface area (Å²) in [5.74, 6) is -1.22. The number of nitrogens with one attached hydrogen (secondary N) is 1. The Labute approximate surface area is 225 Å². The largest absolute Gasteiger partial charge is 0.406 e. The highest BCUT2D eigenvalue weighted by Gasteiger charge is 2.39. The molecule has 188 valence electrons. The van der Waals surface area contributed by atoms with Crippen LogP contribution in [0.4, 0.5) is 11.7 Å². The number of rotatable bonds is 4. The molecular weight excluding hydrogens is 527 g/mol. The molecule has 5 aromatic rings. The lowest BCUT2D eigenvalue weighted by molar-refractivity contribution is -0.111. The van der Waals surface area contributed by atoms with Gasteiger partial charge in [-0.05, 0) is 41.5 Å². The van der Waals surface area contributed by atoms with Gasteiger partial charge in [-0.1, -0.05) is 77.8 Å². The Morgan fingerprint density at radius 1 is 0.947 bits per heavy atom. The zero-order valence-electron chi connectivity index (χ0n) is 19.5. The monoisotopic (exact) mass is 544 g/mol. The zero-order valence-corrected chi connectivity index (χ0v) is 21.0. The molecule has 3 aromatic carbocycles. The molecule has 0 radical (unpaired) electrons. The summed E-state index contributed by atoms with van der Waals surface area (Å²) in [6, 6.07) is 22.8. The van der Waals surface area contributed by atoms with Crippen molar-refractivity contribution in [2.45, 2.75) is 5.92 Å². The van der Waals surface area contributed by atoms with Crippen molar-refractivity contribution in [3.63, 3.8) is 0 Å². The number of nitrogens with zero attached hydrogens (tertiary/aromatic N) is 2. The van der Waals surface area contributed by atoms with Crippen molar-refractivity contribution in [3.05, 3.63) is 127 Å². The summed E-state index contributed by atoms with van der Waals surface area (Å²) in [5.41, 5.74) is 7.37. The first-order chi connectivity index (χ1) is 18.4. The third-order valence-corrected chi connectivity index (χ3v) is 6.87. The smallest absolute Gasteiger partial charge is 0.362 e. The first-order valence-electron chi connectivity index (χ1n) is 11.5. The number of hydrogen-bond donors (Lipinski definition) is 2. The molecule has 10 heteroatoms. The Balaban J connectivity index is 1.71. The molecule has 1 aliphatic rings. The number of carbonyl (C=O) groups excluding carboxylic acids is 1. The molecule has 1 amide bonds. The van der Waals surface area contributed by atoms with Gasteiger partial charge in [0.1, 0.15) is 11.0 Å². The summed E-state index contributed by atoms with van der Waals surface area (Å²) in [7, 11) is 0. The highest BCUT2D eigenvalue weighted by Crippen LogP contribution is 2.41. The second-order valence-electron chi connectivity index (χ2n) is 8.51. The van der Waals surface area contributed by atoms with E-state index in [2.05, 4.69) is 10.3 Å². The molecule has 1 atom stereocenters. The summed E-state index contributed by atoms with van der Waals surface area (Å²) < 4.78 is 12.9. The predicted molar refractivity (Wildman–Crippen MR) is 145 cm³/mol. The highest BCUT2D eigenvalue weighted by atomic mass is 35.5. The number of oxazole rings is 2. The van der Waals surface area contributed by atoms with Gasteiger partial charge in [0.2, 0.25) is 11.4 Å². The van der Waals surface area contributed by atoms with Crippen LogP contribution < -0.4 is 27.6 Å².